The molecule has 1 rings (SSSR count). The van der Waals surface area contributed by atoms with Crippen molar-refractivity contribution in [3.8, 4) is 5.75 Å². The Morgan fingerprint density at radius 3 is 2.43 bits per heavy atom. The highest BCUT2D eigenvalue weighted by atomic mass is 16.5. The minimum Gasteiger partial charge on any atom is -0.491 e. The highest BCUT2D eigenvalue weighted by Gasteiger charge is 1.92. The molecule has 76 valence electrons. The number of allylic oxidation sites excluding steroid dienone is 1. The molecule has 0 saturated carbocycles. The van der Waals surface area contributed by atoms with E-state index in [1.165, 1.54) is 5.56 Å². The zero-order chi connectivity index (χ0) is 10.2. The first-order chi connectivity index (χ1) is 6.86. The Morgan fingerprint density at radius 2 is 1.86 bits per heavy atom. The Labute approximate surface area is 85.2 Å². The Bertz CT molecular complexity index is 275. The molecule has 14 heavy (non-hydrogen) atoms. The van der Waals surface area contributed by atoms with Crippen LogP contribution in [0.15, 0.2) is 30.3 Å². The van der Waals surface area contributed by atoms with Crippen LogP contribution in [0.3, 0.4) is 0 Å². The van der Waals surface area contributed by atoms with Crippen molar-refractivity contribution in [1.82, 2.24) is 0 Å². The summed E-state index contributed by atoms with van der Waals surface area (Å²) in [5.74, 6) is 0.885. The van der Waals surface area contributed by atoms with Gasteiger partial charge in [-0.15, -0.1) is 0 Å². The zero-order valence-electron chi connectivity index (χ0n) is 8.69. The van der Waals surface area contributed by atoms with Crippen LogP contribution in [0.4, 0.5) is 0 Å². The first-order valence-corrected chi connectivity index (χ1v) is 4.71. The third kappa shape index (κ3) is 3.62. The quantitative estimate of drug-likeness (QED) is 0.668. The van der Waals surface area contributed by atoms with E-state index >= 15 is 0 Å². The molecule has 0 unspecified atom stereocenters. The topological polar surface area (TPSA) is 18.5 Å². The van der Waals surface area contributed by atoms with Gasteiger partial charge in [-0.1, -0.05) is 24.3 Å². The van der Waals surface area contributed by atoms with E-state index in [1.54, 1.807) is 7.11 Å². The van der Waals surface area contributed by atoms with Crippen LogP contribution < -0.4 is 4.74 Å². The molecular formula is C12H16O2. The van der Waals surface area contributed by atoms with Gasteiger partial charge in [-0.25, -0.2) is 0 Å². The largest absolute Gasteiger partial charge is 0.491 e. The van der Waals surface area contributed by atoms with Gasteiger partial charge in [0.05, 0.1) is 6.61 Å². The monoisotopic (exact) mass is 192 g/mol. The van der Waals surface area contributed by atoms with E-state index < -0.39 is 0 Å². The lowest BCUT2D eigenvalue weighted by molar-refractivity contribution is 0.146. The highest BCUT2D eigenvalue weighted by Crippen LogP contribution is 2.12. The summed E-state index contributed by atoms with van der Waals surface area (Å²) in [7, 11) is 1.67. The molecule has 0 atom stereocenters. The third-order valence-corrected chi connectivity index (χ3v) is 1.80. The van der Waals surface area contributed by atoms with E-state index in [0.29, 0.717) is 13.2 Å². The van der Waals surface area contributed by atoms with Crippen LogP contribution in [0.1, 0.15) is 12.5 Å². The predicted octanol–water partition coefficient (Wildman–Crippen LogP) is 2.74. The van der Waals surface area contributed by atoms with Crippen molar-refractivity contribution in [2.45, 2.75) is 6.92 Å². The van der Waals surface area contributed by atoms with Crippen molar-refractivity contribution in [2.75, 3.05) is 20.3 Å². The van der Waals surface area contributed by atoms with E-state index in [1.807, 2.05) is 37.3 Å². The highest BCUT2D eigenvalue weighted by molar-refractivity contribution is 5.50. The van der Waals surface area contributed by atoms with Crippen LogP contribution in [-0.2, 0) is 4.74 Å². The number of hydrogen-bond acceptors (Lipinski definition) is 2. The molecule has 2 heteroatoms. The van der Waals surface area contributed by atoms with Gasteiger partial charge in [-0.3, -0.25) is 0 Å². The van der Waals surface area contributed by atoms with E-state index in [-0.39, 0.29) is 0 Å². The van der Waals surface area contributed by atoms with Crippen LogP contribution in [-0.4, -0.2) is 20.3 Å². The molecule has 0 amide bonds. The summed E-state index contributed by atoms with van der Waals surface area (Å²) in [5.41, 5.74) is 1.19. The van der Waals surface area contributed by atoms with Crippen molar-refractivity contribution >= 4 is 6.08 Å². The summed E-state index contributed by atoms with van der Waals surface area (Å²) in [6.07, 6.45) is 4.07. The van der Waals surface area contributed by atoms with E-state index in [2.05, 4.69) is 6.08 Å². The van der Waals surface area contributed by atoms with Gasteiger partial charge >= 0.3 is 0 Å². The summed E-state index contributed by atoms with van der Waals surface area (Å²) >= 11 is 0. The maximum atomic E-state index is 5.43. The second-order valence-corrected chi connectivity index (χ2v) is 2.91. The first-order valence-electron chi connectivity index (χ1n) is 4.71. The van der Waals surface area contributed by atoms with Crippen molar-refractivity contribution in [1.29, 1.82) is 0 Å². The second kappa shape index (κ2) is 6.22. The Hall–Kier alpha value is -1.28. The standard InChI is InChI=1S/C12H16O2/c1-3-4-11-5-7-12(8-6-11)14-10-9-13-2/h3-8H,9-10H2,1-2H3/b4-3+. The molecule has 0 aliphatic carbocycles. The molecule has 1 aromatic rings. The van der Waals surface area contributed by atoms with Crippen LogP contribution >= 0.6 is 0 Å². The van der Waals surface area contributed by atoms with Gasteiger partial charge in [0.25, 0.3) is 0 Å². The summed E-state index contributed by atoms with van der Waals surface area (Å²) in [4.78, 5) is 0. The van der Waals surface area contributed by atoms with Crippen LogP contribution in [0.25, 0.3) is 6.08 Å². The smallest absolute Gasteiger partial charge is 0.119 e. The molecule has 0 heterocycles. The fourth-order valence-electron chi connectivity index (χ4n) is 1.11. The molecule has 0 bridgehead atoms. The molecule has 0 fully saturated rings. The number of benzene rings is 1. The lowest BCUT2D eigenvalue weighted by Crippen LogP contribution is -2.03. The molecular weight excluding hydrogens is 176 g/mol. The van der Waals surface area contributed by atoms with Gasteiger partial charge in [0.1, 0.15) is 12.4 Å². The predicted molar refractivity (Wildman–Crippen MR) is 58.5 cm³/mol. The van der Waals surface area contributed by atoms with Crippen molar-refractivity contribution < 1.29 is 9.47 Å². The SMILES string of the molecule is C/C=C/c1ccc(OCCOC)cc1. The van der Waals surface area contributed by atoms with E-state index in [4.69, 9.17) is 9.47 Å². The normalized spacial score (nSPS) is 10.7. The molecule has 0 spiro atoms. The molecule has 0 aliphatic heterocycles. The molecule has 0 saturated heterocycles. The maximum absolute atomic E-state index is 5.43. The number of ether oxygens (including phenoxy) is 2. The molecule has 1 aromatic carbocycles. The van der Waals surface area contributed by atoms with Gasteiger partial charge in [0.15, 0.2) is 0 Å². The molecule has 2 nitrogen and oxygen atoms in total. The third-order valence-electron chi connectivity index (χ3n) is 1.80. The minimum atomic E-state index is 0.597. The number of hydrogen-bond donors (Lipinski definition) is 0. The molecule has 0 aliphatic rings. The van der Waals surface area contributed by atoms with Gasteiger partial charge in [0, 0.05) is 7.11 Å². The van der Waals surface area contributed by atoms with Crippen molar-refractivity contribution in [3.05, 3.63) is 35.9 Å². The van der Waals surface area contributed by atoms with Gasteiger partial charge < -0.3 is 9.47 Å². The second-order valence-electron chi connectivity index (χ2n) is 2.91. The lowest BCUT2D eigenvalue weighted by atomic mass is 10.2. The lowest BCUT2D eigenvalue weighted by Gasteiger charge is -2.04. The van der Waals surface area contributed by atoms with Crippen LogP contribution in [0.5, 0.6) is 5.75 Å². The summed E-state index contributed by atoms with van der Waals surface area (Å²) in [5, 5.41) is 0. The molecule has 0 aromatic heterocycles. The Kier molecular flexibility index (Phi) is 4.79. The first kappa shape index (κ1) is 10.8. The van der Waals surface area contributed by atoms with E-state index in [0.717, 1.165) is 5.75 Å². The van der Waals surface area contributed by atoms with Gasteiger partial charge in [0.2, 0.25) is 0 Å². The Morgan fingerprint density at radius 1 is 1.14 bits per heavy atom. The number of methoxy groups -OCH3 is 1. The summed E-state index contributed by atoms with van der Waals surface area (Å²) < 4.78 is 10.3. The summed E-state index contributed by atoms with van der Waals surface area (Å²) in [6, 6.07) is 7.99. The minimum absolute atomic E-state index is 0.597. The van der Waals surface area contributed by atoms with Crippen molar-refractivity contribution in [3.63, 3.8) is 0 Å². The Balaban J connectivity index is 2.46. The summed E-state index contributed by atoms with van der Waals surface area (Å²) in [6.45, 7) is 3.22. The van der Waals surface area contributed by atoms with Crippen LogP contribution in [0.2, 0.25) is 0 Å². The average molecular weight is 192 g/mol. The number of rotatable bonds is 5. The molecule has 0 radical (unpaired) electrons. The zero-order valence-corrected chi connectivity index (χ0v) is 8.69. The molecule has 0 N–H and O–H groups in total. The van der Waals surface area contributed by atoms with Crippen LogP contribution in [0, 0.1) is 0 Å². The maximum Gasteiger partial charge on any atom is 0.119 e. The average Bonchev–Trinajstić information content (AvgIpc) is 2.21. The van der Waals surface area contributed by atoms with Gasteiger partial charge in [-0.2, -0.15) is 0 Å². The van der Waals surface area contributed by atoms with Crippen molar-refractivity contribution in [2.24, 2.45) is 0 Å². The van der Waals surface area contributed by atoms with Gasteiger partial charge in [-0.05, 0) is 24.6 Å². The fraction of sp³-hybridized carbons (Fsp3) is 0.333. The fourth-order valence-corrected chi connectivity index (χ4v) is 1.11. The van der Waals surface area contributed by atoms with E-state index in [9.17, 15) is 0 Å².